The van der Waals surface area contributed by atoms with Crippen LogP contribution in [-0.4, -0.2) is 32.7 Å². The van der Waals surface area contributed by atoms with Gasteiger partial charge in [0, 0.05) is 6.07 Å². The third-order valence-corrected chi connectivity index (χ3v) is 4.66. The van der Waals surface area contributed by atoms with E-state index in [1.165, 1.54) is 18.2 Å². The molecule has 0 aromatic heterocycles. The van der Waals surface area contributed by atoms with E-state index in [1.54, 1.807) is 0 Å². The number of hydrogen-bond acceptors (Lipinski definition) is 5. The van der Waals surface area contributed by atoms with E-state index in [2.05, 4.69) is 4.72 Å². The number of carbonyl (C=O) groups is 1. The van der Waals surface area contributed by atoms with E-state index in [1.807, 2.05) is 0 Å². The van der Waals surface area contributed by atoms with Gasteiger partial charge in [0.1, 0.15) is 23.9 Å². The number of fused-ring (bicyclic) bond motifs is 1. The molecule has 7 nitrogen and oxygen atoms in total. The molecule has 2 aromatic carbocycles. The summed E-state index contributed by atoms with van der Waals surface area (Å²) in [5, 5.41) is 8.92. The van der Waals surface area contributed by atoms with Gasteiger partial charge in [0.15, 0.2) is 11.5 Å². The number of hydrogen-bond donors (Lipinski definition) is 2. The molecule has 3 rings (SSSR count). The van der Waals surface area contributed by atoms with Crippen LogP contribution in [0.15, 0.2) is 41.3 Å². The van der Waals surface area contributed by atoms with Gasteiger partial charge in [-0.2, -0.15) is 0 Å². The first-order valence-electron chi connectivity index (χ1n) is 6.82. The summed E-state index contributed by atoms with van der Waals surface area (Å²) in [7, 11) is -4.31. The van der Waals surface area contributed by atoms with Crippen molar-refractivity contribution in [2.75, 3.05) is 17.9 Å². The number of rotatable bonds is 4. The predicted molar refractivity (Wildman–Crippen MR) is 81.6 cm³/mol. The molecule has 24 heavy (non-hydrogen) atoms. The first kappa shape index (κ1) is 16.1. The fraction of sp³-hybridized carbons (Fsp3) is 0.133. The number of sulfonamides is 1. The Morgan fingerprint density at radius 3 is 2.50 bits per heavy atom. The van der Waals surface area contributed by atoms with E-state index < -0.39 is 26.7 Å². The van der Waals surface area contributed by atoms with Crippen molar-refractivity contribution in [1.29, 1.82) is 0 Å². The number of aromatic carboxylic acids is 1. The smallest absolute Gasteiger partial charge is 0.335 e. The second-order valence-corrected chi connectivity index (χ2v) is 6.57. The van der Waals surface area contributed by atoms with Crippen molar-refractivity contribution in [2.45, 2.75) is 4.90 Å². The minimum absolute atomic E-state index is 0.138. The highest BCUT2D eigenvalue weighted by molar-refractivity contribution is 7.92. The highest BCUT2D eigenvalue weighted by Gasteiger charge is 2.22. The van der Waals surface area contributed by atoms with Gasteiger partial charge in [0.05, 0.1) is 11.3 Å². The molecule has 0 bridgehead atoms. The van der Waals surface area contributed by atoms with Gasteiger partial charge in [-0.05, 0) is 30.3 Å². The molecular weight excluding hydrogens is 341 g/mol. The third-order valence-electron chi connectivity index (χ3n) is 3.26. The van der Waals surface area contributed by atoms with Crippen molar-refractivity contribution >= 4 is 21.7 Å². The molecule has 0 radical (unpaired) electrons. The molecule has 0 unspecified atom stereocenters. The van der Waals surface area contributed by atoms with E-state index in [-0.39, 0.29) is 11.3 Å². The first-order valence-corrected chi connectivity index (χ1v) is 8.30. The van der Waals surface area contributed by atoms with Crippen molar-refractivity contribution in [3.8, 4) is 11.5 Å². The van der Waals surface area contributed by atoms with Crippen molar-refractivity contribution < 1.29 is 32.2 Å². The molecular formula is C15H12FNO6S. The van der Waals surface area contributed by atoms with Gasteiger partial charge < -0.3 is 14.6 Å². The van der Waals surface area contributed by atoms with Crippen LogP contribution in [0, 0.1) is 5.82 Å². The summed E-state index contributed by atoms with van der Waals surface area (Å²) in [6, 6.07) is 6.91. The zero-order valence-corrected chi connectivity index (χ0v) is 13.0. The third kappa shape index (κ3) is 3.11. The highest BCUT2D eigenvalue weighted by atomic mass is 32.2. The van der Waals surface area contributed by atoms with Crippen LogP contribution in [0.25, 0.3) is 0 Å². The molecule has 0 amide bonds. The Morgan fingerprint density at radius 1 is 1.08 bits per heavy atom. The van der Waals surface area contributed by atoms with Crippen LogP contribution < -0.4 is 14.2 Å². The van der Waals surface area contributed by atoms with Gasteiger partial charge in [-0.3, -0.25) is 4.72 Å². The number of benzene rings is 2. The van der Waals surface area contributed by atoms with Crippen molar-refractivity contribution in [2.24, 2.45) is 0 Å². The van der Waals surface area contributed by atoms with Crippen LogP contribution in [0.1, 0.15) is 10.4 Å². The van der Waals surface area contributed by atoms with Crippen LogP contribution in [0.2, 0.25) is 0 Å². The molecule has 0 saturated heterocycles. The monoisotopic (exact) mass is 353 g/mol. The minimum atomic E-state index is -4.31. The summed E-state index contributed by atoms with van der Waals surface area (Å²) in [4.78, 5) is 10.2. The average Bonchev–Trinajstić information content (AvgIpc) is 2.54. The van der Waals surface area contributed by atoms with Crippen LogP contribution in [0.3, 0.4) is 0 Å². The maximum absolute atomic E-state index is 13.8. The Labute approximate surface area is 136 Å². The fourth-order valence-electron chi connectivity index (χ4n) is 2.16. The minimum Gasteiger partial charge on any atom is -0.486 e. The van der Waals surface area contributed by atoms with E-state index in [4.69, 9.17) is 14.6 Å². The Kier molecular flexibility index (Phi) is 4.02. The quantitative estimate of drug-likeness (QED) is 0.873. The van der Waals surface area contributed by atoms with E-state index in [0.29, 0.717) is 24.7 Å². The summed E-state index contributed by atoms with van der Waals surface area (Å²) in [5.41, 5.74) is -0.196. The molecule has 2 N–H and O–H groups in total. The number of anilines is 1. The lowest BCUT2D eigenvalue weighted by molar-refractivity contribution is 0.0696. The van der Waals surface area contributed by atoms with Crippen LogP contribution >= 0.6 is 0 Å². The van der Waals surface area contributed by atoms with Gasteiger partial charge in [0.25, 0.3) is 10.0 Å². The molecule has 1 aliphatic rings. The van der Waals surface area contributed by atoms with Crippen molar-refractivity contribution in [3.05, 3.63) is 47.8 Å². The molecule has 0 atom stereocenters. The molecule has 1 heterocycles. The second-order valence-electron chi connectivity index (χ2n) is 4.91. The van der Waals surface area contributed by atoms with Crippen LogP contribution in [0.4, 0.5) is 10.1 Å². The van der Waals surface area contributed by atoms with Gasteiger partial charge in [-0.15, -0.1) is 0 Å². The van der Waals surface area contributed by atoms with Gasteiger partial charge in [0.2, 0.25) is 0 Å². The van der Waals surface area contributed by atoms with Crippen molar-refractivity contribution in [1.82, 2.24) is 0 Å². The number of carboxylic acid groups (broad SMARTS) is 1. The number of nitrogens with one attached hydrogen (secondary N) is 1. The SMILES string of the molecule is O=C(O)c1ccc(F)c(S(=O)(=O)Nc2ccc3c(c2)OCCO3)c1. The lowest BCUT2D eigenvalue weighted by Crippen LogP contribution is -2.17. The molecule has 2 aromatic rings. The Balaban J connectivity index is 1.94. The average molecular weight is 353 g/mol. The van der Waals surface area contributed by atoms with E-state index in [0.717, 1.165) is 18.2 Å². The van der Waals surface area contributed by atoms with Gasteiger partial charge in [-0.25, -0.2) is 17.6 Å². The molecule has 0 spiro atoms. The Hall–Kier alpha value is -2.81. The summed E-state index contributed by atoms with van der Waals surface area (Å²) in [5.74, 6) is -1.57. The highest BCUT2D eigenvalue weighted by Crippen LogP contribution is 2.33. The summed E-state index contributed by atoms with van der Waals surface area (Å²) in [6.07, 6.45) is 0. The molecule has 126 valence electrons. The Bertz CT molecular complexity index is 912. The molecule has 9 heteroatoms. The lowest BCUT2D eigenvalue weighted by atomic mass is 10.2. The van der Waals surface area contributed by atoms with E-state index >= 15 is 0 Å². The van der Waals surface area contributed by atoms with Gasteiger partial charge >= 0.3 is 5.97 Å². The predicted octanol–water partition coefficient (Wildman–Crippen LogP) is 2.10. The fourth-order valence-corrected chi connectivity index (χ4v) is 3.31. The van der Waals surface area contributed by atoms with Crippen LogP contribution in [0.5, 0.6) is 11.5 Å². The number of ether oxygens (including phenoxy) is 2. The molecule has 1 aliphatic heterocycles. The first-order chi connectivity index (χ1) is 11.4. The molecule has 0 saturated carbocycles. The van der Waals surface area contributed by atoms with E-state index in [9.17, 15) is 17.6 Å². The topological polar surface area (TPSA) is 102 Å². The second kappa shape index (κ2) is 6.00. The standard InChI is InChI=1S/C15H12FNO6S/c16-11-3-1-9(15(18)19)7-14(11)24(20,21)17-10-2-4-12-13(8-10)23-6-5-22-12/h1-4,7-8,17H,5-6H2,(H,18,19). The maximum atomic E-state index is 13.8. The van der Waals surface area contributed by atoms with Gasteiger partial charge in [-0.1, -0.05) is 0 Å². The molecule has 0 aliphatic carbocycles. The zero-order valence-electron chi connectivity index (χ0n) is 12.2. The maximum Gasteiger partial charge on any atom is 0.335 e. The number of halogens is 1. The zero-order chi connectivity index (χ0) is 17.3. The normalized spacial score (nSPS) is 13.4. The van der Waals surface area contributed by atoms with Crippen molar-refractivity contribution in [3.63, 3.8) is 0 Å². The molecule has 0 fully saturated rings. The summed E-state index contributed by atoms with van der Waals surface area (Å²) in [6.45, 7) is 0.726. The Morgan fingerprint density at radius 2 is 1.79 bits per heavy atom. The summed E-state index contributed by atoms with van der Waals surface area (Å²) < 4.78 is 51.4. The number of carboxylic acids is 1. The largest absolute Gasteiger partial charge is 0.486 e. The summed E-state index contributed by atoms with van der Waals surface area (Å²) >= 11 is 0. The lowest BCUT2D eigenvalue weighted by Gasteiger charge is -2.19. The van der Waals surface area contributed by atoms with Crippen LogP contribution in [-0.2, 0) is 10.0 Å².